The highest BCUT2D eigenvalue weighted by Gasteiger charge is 2.52. The van der Waals surface area contributed by atoms with Crippen molar-refractivity contribution in [2.45, 2.75) is 18.8 Å². The van der Waals surface area contributed by atoms with Gasteiger partial charge in [0.25, 0.3) is 0 Å². The molecular formula is C10H15N3. The zero-order chi connectivity index (χ0) is 8.89. The molecule has 0 aromatic carbocycles. The Morgan fingerprint density at radius 3 is 3.08 bits per heavy atom. The van der Waals surface area contributed by atoms with E-state index in [9.17, 15) is 0 Å². The molecule has 1 saturated heterocycles. The Morgan fingerprint density at radius 2 is 2.46 bits per heavy atom. The van der Waals surface area contributed by atoms with Crippen molar-refractivity contribution in [3.63, 3.8) is 0 Å². The third-order valence-corrected chi connectivity index (χ3v) is 3.58. The highest BCUT2D eigenvalue weighted by Crippen LogP contribution is 2.57. The maximum absolute atomic E-state index is 4.24. The van der Waals surface area contributed by atoms with E-state index in [0.29, 0.717) is 5.41 Å². The number of rotatable bonds is 1. The topological polar surface area (TPSA) is 29.9 Å². The predicted octanol–water partition coefficient (Wildman–Crippen LogP) is 0.887. The molecule has 13 heavy (non-hydrogen) atoms. The minimum atomic E-state index is 0.614. The summed E-state index contributed by atoms with van der Waals surface area (Å²) in [6, 6.07) is 0. The summed E-state index contributed by atoms with van der Waals surface area (Å²) >= 11 is 0. The smallest absolute Gasteiger partial charge is 0.0525 e. The molecular weight excluding hydrogens is 162 g/mol. The Morgan fingerprint density at radius 1 is 1.62 bits per heavy atom. The molecule has 2 fully saturated rings. The van der Waals surface area contributed by atoms with E-state index in [-0.39, 0.29) is 0 Å². The van der Waals surface area contributed by atoms with Gasteiger partial charge in [-0.05, 0) is 23.8 Å². The summed E-state index contributed by atoms with van der Waals surface area (Å²) in [5.74, 6) is 0.723. The lowest BCUT2D eigenvalue weighted by Gasteiger charge is -2.14. The van der Waals surface area contributed by atoms with E-state index in [1.165, 1.54) is 24.9 Å². The van der Waals surface area contributed by atoms with E-state index < -0.39 is 0 Å². The van der Waals surface area contributed by atoms with Crippen molar-refractivity contribution in [1.29, 1.82) is 0 Å². The van der Waals surface area contributed by atoms with Gasteiger partial charge < -0.3 is 5.32 Å². The van der Waals surface area contributed by atoms with Crippen LogP contribution in [0.3, 0.4) is 0 Å². The highest BCUT2D eigenvalue weighted by molar-refractivity contribution is 5.23. The van der Waals surface area contributed by atoms with Gasteiger partial charge >= 0.3 is 0 Å². The van der Waals surface area contributed by atoms with Crippen LogP contribution in [0.4, 0.5) is 0 Å². The van der Waals surface area contributed by atoms with Crippen LogP contribution in [0.5, 0.6) is 0 Å². The van der Waals surface area contributed by atoms with Crippen LogP contribution in [0.25, 0.3) is 0 Å². The molecule has 2 heterocycles. The first-order chi connectivity index (χ1) is 6.30. The van der Waals surface area contributed by atoms with Crippen molar-refractivity contribution in [2.24, 2.45) is 12.5 Å². The SMILES string of the molecule is Cn1cc(C2CNCC23CC3)cn1. The van der Waals surface area contributed by atoms with Crippen molar-refractivity contribution in [1.82, 2.24) is 15.1 Å². The molecule has 1 aromatic heterocycles. The molecule has 2 aliphatic rings. The lowest BCUT2D eigenvalue weighted by atomic mass is 9.88. The van der Waals surface area contributed by atoms with Gasteiger partial charge in [-0.15, -0.1) is 0 Å². The quantitative estimate of drug-likeness (QED) is 0.690. The predicted molar refractivity (Wildman–Crippen MR) is 50.5 cm³/mol. The van der Waals surface area contributed by atoms with Gasteiger partial charge in [-0.3, -0.25) is 4.68 Å². The zero-order valence-electron chi connectivity index (χ0n) is 7.95. The first-order valence-electron chi connectivity index (χ1n) is 4.99. The van der Waals surface area contributed by atoms with E-state index in [1.807, 2.05) is 17.9 Å². The molecule has 1 aromatic rings. The molecule has 1 aliphatic carbocycles. The van der Waals surface area contributed by atoms with Gasteiger partial charge in [-0.1, -0.05) is 0 Å². The first-order valence-corrected chi connectivity index (χ1v) is 4.99. The molecule has 1 aliphatic heterocycles. The molecule has 0 amide bonds. The summed E-state index contributed by atoms with van der Waals surface area (Å²) in [4.78, 5) is 0. The summed E-state index contributed by atoms with van der Waals surface area (Å²) in [6.07, 6.45) is 6.99. The maximum atomic E-state index is 4.24. The summed E-state index contributed by atoms with van der Waals surface area (Å²) in [5.41, 5.74) is 2.04. The molecule has 1 N–H and O–H groups in total. The van der Waals surface area contributed by atoms with E-state index in [1.54, 1.807) is 0 Å². The Balaban J connectivity index is 1.92. The third kappa shape index (κ3) is 1.03. The van der Waals surface area contributed by atoms with Gasteiger partial charge in [0.1, 0.15) is 0 Å². The fraction of sp³-hybridized carbons (Fsp3) is 0.700. The minimum Gasteiger partial charge on any atom is -0.316 e. The van der Waals surface area contributed by atoms with Crippen molar-refractivity contribution in [3.8, 4) is 0 Å². The maximum Gasteiger partial charge on any atom is 0.0525 e. The first kappa shape index (κ1) is 7.56. The van der Waals surface area contributed by atoms with Crippen molar-refractivity contribution in [3.05, 3.63) is 18.0 Å². The minimum absolute atomic E-state index is 0.614. The Labute approximate surface area is 78.1 Å². The second-order valence-corrected chi connectivity index (χ2v) is 4.49. The van der Waals surface area contributed by atoms with Gasteiger partial charge in [0, 0.05) is 32.3 Å². The summed E-state index contributed by atoms with van der Waals surface area (Å²) < 4.78 is 1.91. The molecule has 1 atom stereocenters. The fourth-order valence-corrected chi connectivity index (χ4v) is 2.58. The Bertz CT molecular complexity index is 325. The Hall–Kier alpha value is -0.830. The zero-order valence-corrected chi connectivity index (χ0v) is 7.95. The van der Waals surface area contributed by atoms with Gasteiger partial charge in [-0.2, -0.15) is 5.10 Å². The van der Waals surface area contributed by atoms with Crippen LogP contribution in [0.1, 0.15) is 24.3 Å². The van der Waals surface area contributed by atoms with Gasteiger partial charge in [-0.25, -0.2) is 0 Å². The largest absolute Gasteiger partial charge is 0.316 e. The van der Waals surface area contributed by atoms with Crippen LogP contribution >= 0.6 is 0 Å². The van der Waals surface area contributed by atoms with Crippen LogP contribution < -0.4 is 5.32 Å². The Kier molecular flexibility index (Phi) is 1.37. The second kappa shape index (κ2) is 2.35. The van der Waals surface area contributed by atoms with Gasteiger partial charge in [0.15, 0.2) is 0 Å². The second-order valence-electron chi connectivity index (χ2n) is 4.49. The number of aromatic nitrogens is 2. The van der Waals surface area contributed by atoms with Crippen LogP contribution in [0.15, 0.2) is 12.4 Å². The lowest BCUT2D eigenvalue weighted by molar-refractivity contribution is 0.502. The van der Waals surface area contributed by atoms with Crippen LogP contribution in [0.2, 0.25) is 0 Å². The fourth-order valence-electron chi connectivity index (χ4n) is 2.58. The van der Waals surface area contributed by atoms with Crippen molar-refractivity contribution < 1.29 is 0 Å². The molecule has 1 saturated carbocycles. The number of hydrogen-bond acceptors (Lipinski definition) is 2. The number of nitrogens with zero attached hydrogens (tertiary/aromatic N) is 2. The highest BCUT2D eigenvalue weighted by atomic mass is 15.2. The normalized spacial score (nSPS) is 29.8. The summed E-state index contributed by atoms with van der Waals surface area (Å²) in [7, 11) is 1.99. The van der Waals surface area contributed by atoms with Crippen molar-refractivity contribution >= 4 is 0 Å². The van der Waals surface area contributed by atoms with Crippen LogP contribution in [0, 0.1) is 5.41 Å². The number of hydrogen-bond donors (Lipinski definition) is 1. The monoisotopic (exact) mass is 177 g/mol. The molecule has 3 heteroatoms. The molecule has 3 rings (SSSR count). The standard InChI is InChI=1S/C10H15N3/c1-13-6-8(4-12-13)9-5-11-7-10(9)2-3-10/h4,6,9,11H,2-3,5,7H2,1H3. The van der Waals surface area contributed by atoms with Crippen LogP contribution in [-0.2, 0) is 7.05 Å². The lowest BCUT2D eigenvalue weighted by Crippen LogP contribution is -2.10. The molecule has 70 valence electrons. The van der Waals surface area contributed by atoms with E-state index in [2.05, 4.69) is 16.6 Å². The average Bonchev–Trinajstić information content (AvgIpc) is 2.55. The van der Waals surface area contributed by atoms with Gasteiger partial charge in [0.2, 0.25) is 0 Å². The number of aryl methyl sites for hydroxylation is 1. The van der Waals surface area contributed by atoms with Gasteiger partial charge in [0.05, 0.1) is 6.20 Å². The molecule has 3 nitrogen and oxygen atoms in total. The third-order valence-electron chi connectivity index (χ3n) is 3.58. The average molecular weight is 177 g/mol. The summed E-state index contributed by atoms with van der Waals surface area (Å²) in [6.45, 7) is 2.36. The molecule has 0 bridgehead atoms. The van der Waals surface area contributed by atoms with E-state index >= 15 is 0 Å². The van der Waals surface area contributed by atoms with Crippen molar-refractivity contribution in [2.75, 3.05) is 13.1 Å². The number of nitrogens with one attached hydrogen (secondary N) is 1. The summed E-state index contributed by atoms with van der Waals surface area (Å²) in [5, 5.41) is 7.74. The van der Waals surface area contributed by atoms with Crippen LogP contribution in [-0.4, -0.2) is 22.9 Å². The molecule has 1 unspecified atom stereocenters. The van der Waals surface area contributed by atoms with E-state index in [4.69, 9.17) is 0 Å². The molecule has 1 spiro atoms. The van der Waals surface area contributed by atoms with E-state index in [0.717, 1.165) is 12.5 Å². The molecule has 0 radical (unpaired) electrons.